The Hall–Kier alpha value is -5.46. The summed E-state index contributed by atoms with van der Waals surface area (Å²) < 4.78 is 0. The predicted molar refractivity (Wildman–Crippen MR) is 249 cm³/mol. The predicted octanol–water partition coefficient (Wildman–Crippen LogP) is 15.5. The van der Waals surface area contributed by atoms with Crippen LogP contribution in [0.4, 0.5) is 0 Å². The number of hydrogen-bond acceptors (Lipinski definition) is 0. The molecule has 0 saturated heterocycles. The molecule has 0 spiro atoms. The molecule has 6 aromatic carbocycles. The van der Waals surface area contributed by atoms with Gasteiger partial charge in [0, 0.05) is 17.8 Å². The minimum Gasteiger partial charge on any atom is -0.106 e. The highest BCUT2D eigenvalue weighted by molar-refractivity contribution is 5.73. The van der Waals surface area contributed by atoms with Crippen molar-refractivity contribution in [1.82, 2.24) is 0 Å². The molecule has 0 heteroatoms. The van der Waals surface area contributed by atoms with Gasteiger partial charge in [0.2, 0.25) is 0 Å². The Bertz CT molecular complexity index is 2400. The van der Waals surface area contributed by atoms with E-state index in [1.54, 1.807) is 11.1 Å². The molecule has 0 bridgehead atoms. The van der Waals surface area contributed by atoms with E-state index < -0.39 is 0 Å². The van der Waals surface area contributed by atoms with Gasteiger partial charge in [-0.3, -0.25) is 0 Å². The lowest BCUT2D eigenvalue weighted by Gasteiger charge is -2.34. The number of fused-ring (bicyclic) bond motifs is 6. The molecule has 0 nitrogen and oxygen atoms in total. The smallest absolute Gasteiger partial charge is 0.0104 e. The second kappa shape index (κ2) is 18.2. The molecule has 0 heterocycles. The van der Waals surface area contributed by atoms with E-state index in [9.17, 15) is 0 Å². The van der Waals surface area contributed by atoms with Gasteiger partial charge in [-0.1, -0.05) is 173 Å². The molecular weight excluding hydrogens is 685 g/mol. The highest BCUT2D eigenvalue weighted by Gasteiger charge is 2.31. The Balaban J connectivity index is 0.000000139. The fraction of sp³-hybridized carbons (Fsp3) is 0.263. The zero-order chi connectivity index (χ0) is 40.8. The normalized spacial score (nSPS) is 17.1. The molecule has 4 aliphatic rings. The molecule has 0 aromatic heterocycles. The number of allylic oxidation sites excluding steroid dienone is 2. The Morgan fingerprint density at radius 3 is 1.65 bits per heavy atom. The Morgan fingerprint density at radius 1 is 0.544 bits per heavy atom. The average Bonchev–Trinajstić information content (AvgIpc) is 3.23. The van der Waals surface area contributed by atoms with Crippen LogP contribution in [0.2, 0.25) is 0 Å². The second-order valence-corrected chi connectivity index (χ2v) is 16.0. The maximum absolute atomic E-state index is 4.25. The number of rotatable bonds is 1. The van der Waals surface area contributed by atoms with E-state index in [1.165, 1.54) is 89.9 Å². The fourth-order valence-corrected chi connectivity index (χ4v) is 9.73. The second-order valence-electron chi connectivity index (χ2n) is 16.0. The van der Waals surface area contributed by atoms with Gasteiger partial charge >= 0.3 is 0 Å². The van der Waals surface area contributed by atoms with Crippen LogP contribution in [-0.2, 0) is 19.3 Å². The molecule has 3 unspecified atom stereocenters. The van der Waals surface area contributed by atoms with E-state index in [1.807, 2.05) is 13.8 Å². The topological polar surface area (TPSA) is 0 Å². The highest BCUT2D eigenvalue weighted by Crippen LogP contribution is 2.47. The summed E-state index contributed by atoms with van der Waals surface area (Å²) in [4.78, 5) is 0. The quantitative estimate of drug-likeness (QED) is 0.147. The molecule has 0 fully saturated rings. The lowest BCUT2D eigenvalue weighted by atomic mass is 9.69. The molecule has 57 heavy (non-hydrogen) atoms. The monoisotopic (exact) mass is 746 g/mol. The van der Waals surface area contributed by atoms with Crippen LogP contribution in [0.1, 0.15) is 154 Å². The largest absolute Gasteiger partial charge is 0.106 e. The first-order chi connectivity index (χ1) is 27.7. The van der Waals surface area contributed by atoms with Crippen LogP contribution < -0.4 is 0 Å². The minimum atomic E-state index is 0.485. The van der Waals surface area contributed by atoms with Crippen LogP contribution in [-0.4, -0.2) is 0 Å². The average molecular weight is 747 g/mol. The first-order valence-electron chi connectivity index (χ1n) is 21.1. The van der Waals surface area contributed by atoms with Gasteiger partial charge in [0.05, 0.1) is 0 Å². The van der Waals surface area contributed by atoms with Gasteiger partial charge < -0.3 is 0 Å². The van der Waals surface area contributed by atoms with Crippen LogP contribution in [0.25, 0.3) is 11.1 Å². The molecule has 6 aromatic rings. The van der Waals surface area contributed by atoms with Crippen LogP contribution in [0.15, 0.2) is 148 Å². The van der Waals surface area contributed by atoms with Crippen molar-refractivity contribution in [3.8, 4) is 0 Å². The van der Waals surface area contributed by atoms with E-state index in [0.29, 0.717) is 17.8 Å². The molecule has 10 rings (SSSR count). The van der Waals surface area contributed by atoms with Crippen molar-refractivity contribution in [2.24, 2.45) is 0 Å². The van der Waals surface area contributed by atoms with E-state index in [-0.39, 0.29) is 0 Å². The first kappa shape index (κ1) is 41.2. The van der Waals surface area contributed by atoms with Crippen LogP contribution >= 0.6 is 0 Å². The van der Waals surface area contributed by atoms with Crippen LogP contribution in [0.5, 0.6) is 0 Å². The van der Waals surface area contributed by atoms with E-state index in [0.717, 1.165) is 31.3 Å². The van der Waals surface area contributed by atoms with Crippen molar-refractivity contribution < 1.29 is 0 Å². The summed E-state index contributed by atoms with van der Waals surface area (Å²) in [6.45, 7) is 29.4. The van der Waals surface area contributed by atoms with Crippen molar-refractivity contribution in [3.05, 3.63) is 237 Å². The van der Waals surface area contributed by atoms with Gasteiger partial charge in [-0.2, -0.15) is 0 Å². The molecule has 4 aliphatic carbocycles. The lowest BCUT2D eigenvalue weighted by Crippen LogP contribution is -2.19. The van der Waals surface area contributed by atoms with Gasteiger partial charge in [0.15, 0.2) is 0 Å². The molecule has 0 amide bonds. The van der Waals surface area contributed by atoms with Gasteiger partial charge in [-0.15, -0.1) is 13.2 Å². The molecular formula is C57H62. The Labute approximate surface area is 344 Å². The summed E-state index contributed by atoms with van der Waals surface area (Å²) in [5, 5.41) is 0. The third-order valence-corrected chi connectivity index (χ3v) is 12.5. The lowest BCUT2D eigenvalue weighted by molar-refractivity contribution is 0.683. The summed E-state index contributed by atoms with van der Waals surface area (Å²) in [6, 6.07) is 44.9. The summed E-state index contributed by atoms with van der Waals surface area (Å²) in [5.41, 5.74) is 26.0. The molecule has 290 valence electrons. The van der Waals surface area contributed by atoms with Gasteiger partial charge in [0.25, 0.3) is 0 Å². The third-order valence-electron chi connectivity index (χ3n) is 12.5. The van der Waals surface area contributed by atoms with Crippen molar-refractivity contribution >= 4 is 11.1 Å². The van der Waals surface area contributed by atoms with Crippen molar-refractivity contribution in [2.75, 3.05) is 0 Å². The van der Waals surface area contributed by atoms with Crippen molar-refractivity contribution in [2.45, 2.75) is 98.3 Å². The standard InChI is InChI=1S/C19H20.C18H16.C16H16.C2H6.C2H4/c1-12(2)18-11-19-14(4)17-8-6-5-7-15(17)10-16(19)9-13(18)3;1-12-9-10-17-16-7-3-2-5-13(16)11-14-6-4-8-15(12)18(14)17;1-11-7-8-16-12(2)15-6-4-3-5-13(15)10-14(16)9-11;2*1-2/h5-9,11,14H,1,10H2,2-4H3;2-8,17H,1,9-11H2;3-9,12H,10H2,1-2H3;1-2H3;1-2H2. The fourth-order valence-electron chi connectivity index (χ4n) is 9.73. The number of hydrogen-bond donors (Lipinski definition) is 0. The third kappa shape index (κ3) is 8.33. The van der Waals surface area contributed by atoms with Crippen LogP contribution in [0.3, 0.4) is 0 Å². The number of benzene rings is 6. The molecule has 0 N–H and O–H groups in total. The van der Waals surface area contributed by atoms with Gasteiger partial charge in [-0.25, -0.2) is 0 Å². The highest BCUT2D eigenvalue weighted by atomic mass is 14.3. The first-order valence-corrected chi connectivity index (χ1v) is 21.1. The summed E-state index contributed by atoms with van der Waals surface area (Å²) in [7, 11) is 0. The molecule has 0 aliphatic heterocycles. The maximum Gasteiger partial charge on any atom is 0.0104 e. The SMILES string of the molecule is C=C.C=C(C)c1cc2c(cc1C)Cc1ccccc1C2C.C=C1CCC2c3ccccc3Cc3cccc1c32.CC.Cc1ccc2c(c1)Cc1ccccc1C2C. The Kier molecular flexibility index (Phi) is 13.2. The van der Waals surface area contributed by atoms with E-state index in [4.69, 9.17) is 0 Å². The van der Waals surface area contributed by atoms with Crippen LogP contribution in [0, 0.1) is 13.8 Å². The molecule has 0 saturated carbocycles. The zero-order valence-corrected chi connectivity index (χ0v) is 35.6. The maximum atomic E-state index is 4.25. The number of aryl methyl sites for hydroxylation is 2. The van der Waals surface area contributed by atoms with Gasteiger partial charge in [0.1, 0.15) is 0 Å². The van der Waals surface area contributed by atoms with Crippen molar-refractivity contribution in [3.63, 3.8) is 0 Å². The summed E-state index contributed by atoms with van der Waals surface area (Å²) in [6.07, 6.45) is 5.60. The van der Waals surface area contributed by atoms with E-state index >= 15 is 0 Å². The summed E-state index contributed by atoms with van der Waals surface area (Å²) >= 11 is 0. The molecule has 3 atom stereocenters. The summed E-state index contributed by atoms with van der Waals surface area (Å²) in [5.74, 6) is 1.63. The van der Waals surface area contributed by atoms with Gasteiger partial charge in [-0.05, 0) is 142 Å². The van der Waals surface area contributed by atoms with E-state index in [2.05, 4.69) is 182 Å². The minimum absolute atomic E-state index is 0.485. The zero-order valence-electron chi connectivity index (χ0n) is 35.6. The Morgan fingerprint density at radius 2 is 1.04 bits per heavy atom. The van der Waals surface area contributed by atoms with Crippen molar-refractivity contribution in [1.29, 1.82) is 0 Å². The molecule has 0 radical (unpaired) electrons.